The third-order valence-corrected chi connectivity index (χ3v) is 6.58. The van der Waals surface area contributed by atoms with Gasteiger partial charge in [0.2, 0.25) is 0 Å². The van der Waals surface area contributed by atoms with Gasteiger partial charge in [-0.3, -0.25) is 0 Å². The van der Waals surface area contributed by atoms with Crippen LogP contribution in [-0.4, -0.2) is 44.8 Å². The van der Waals surface area contributed by atoms with Crippen LogP contribution in [0.5, 0.6) is 0 Å². The smallest absolute Gasteiger partial charge is 0.168 e. The second kappa shape index (κ2) is 8.48. The molecule has 1 spiro atoms. The van der Waals surface area contributed by atoms with Gasteiger partial charge in [-0.25, -0.2) is 0 Å². The van der Waals surface area contributed by atoms with Crippen molar-refractivity contribution >= 4 is 0 Å². The molecule has 1 saturated carbocycles. The molecule has 4 heteroatoms. The molecule has 0 aromatic heterocycles. The molecule has 2 rings (SSSR count). The molecule has 1 aliphatic carbocycles. The summed E-state index contributed by atoms with van der Waals surface area (Å²) in [5.41, 5.74) is 0.404. The molecule has 2 fully saturated rings. The Morgan fingerprint density at radius 2 is 1.88 bits per heavy atom. The van der Waals surface area contributed by atoms with Crippen molar-refractivity contribution in [1.29, 1.82) is 0 Å². The first-order valence-corrected chi connectivity index (χ1v) is 9.83. The van der Waals surface area contributed by atoms with Gasteiger partial charge in [0.25, 0.3) is 0 Å². The van der Waals surface area contributed by atoms with Gasteiger partial charge in [0, 0.05) is 26.0 Å². The van der Waals surface area contributed by atoms with Crippen molar-refractivity contribution < 1.29 is 14.2 Å². The van der Waals surface area contributed by atoms with Crippen LogP contribution >= 0.6 is 0 Å². The predicted molar refractivity (Wildman–Crippen MR) is 98.1 cm³/mol. The van der Waals surface area contributed by atoms with E-state index in [1.54, 1.807) is 7.11 Å². The Hall–Kier alpha value is -0.160. The van der Waals surface area contributed by atoms with Gasteiger partial charge in [-0.05, 0) is 50.0 Å². The summed E-state index contributed by atoms with van der Waals surface area (Å²) in [5.74, 6) is 1.22. The standard InChI is InChI=1S/C20H39NO3/c1-15(2)19(4,5)17-7-10-20(11-8-17)23-14-18(24-20)9-12-21-16(3)13-22-6/h15-18,21H,7-14H2,1-6H3. The highest BCUT2D eigenvalue weighted by Gasteiger charge is 2.46. The molecule has 0 aromatic carbocycles. The van der Waals surface area contributed by atoms with Crippen LogP contribution in [0.2, 0.25) is 0 Å². The van der Waals surface area contributed by atoms with E-state index in [4.69, 9.17) is 14.2 Å². The molecule has 1 heterocycles. The monoisotopic (exact) mass is 341 g/mol. The Balaban J connectivity index is 1.73. The second-order valence-corrected chi connectivity index (χ2v) is 8.81. The van der Waals surface area contributed by atoms with Crippen LogP contribution in [0, 0.1) is 17.3 Å². The van der Waals surface area contributed by atoms with Crippen molar-refractivity contribution in [1.82, 2.24) is 5.32 Å². The largest absolute Gasteiger partial charge is 0.383 e. The lowest BCUT2D eigenvalue weighted by Crippen LogP contribution is -2.41. The molecule has 0 radical (unpaired) electrons. The van der Waals surface area contributed by atoms with Crippen LogP contribution in [-0.2, 0) is 14.2 Å². The summed E-state index contributed by atoms with van der Waals surface area (Å²) in [7, 11) is 1.74. The molecule has 1 aliphatic heterocycles. The molecular formula is C20H39NO3. The Bertz CT molecular complexity index is 375. The molecule has 0 bridgehead atoms. The van der Waals surface area contributed by atoms with Crippen LogP contribution in [0.3, 0.4) is 0 Å². The number of nitrogens with one attached hydrogen (secondary N) is 1. The van der Waals surface area contributed by atoms with Crippen molar-refractivity contribution in [3.05, 3.63) is 0 Å². The number of ether oxygens (including phenoxy) is 3. The van der Waals surface area contributed by atoms with Crippen molar-refractivity contribution in [2.24, 2.45) is 17.3 Å². The summed E-state index contributed by atoms with van der Waals surface area (Å²) >= 11 is 0. The van der Waals surface area contributed by atoms with Gasteiger partial charge in [-0.2, -0.15) is 0 Å². The van der Waals surface area contributed by atoms with Crippen LogP contribution in [0.4, 0.5) is 0 Å². The van der Waals surface area contributed by atoms with Crippen molar-refractivity contribution in [2.75, 3.05) is 26.9 Å². The zero-order valence-corrected chi connectivity index (χ0v) is 16.7. The van der Waals surface area contributed by atoms with Crippen molar-refractivity contribution in [3.63, 3.8) is 0 Å². The second-order valence-electron chi connectivity index (χ2n) is 8.81. The van der Waals surface area contributed by atoms with Gasteiger partial charge in [0.15, 0.2) is 5.79 Å². The minimum atomic E-state index is -0.285. The van der Waals surface area contributed by atoms with E-state index in [2.05, 4.69) is 39.9 Å². The molecule has 2 atom stereocenters. The maximum Gasteiger partial charge on any atom is 0.168 e. The van der Waals surface area contributed by atoms with E-state index in [0.717, 1.165) is 50.9 Å². The molecule has 24 heavy (non-hydrogen) atoms. The predicted octanol–water partition coefficient (Wildman–Crippen LogP) is 3.99. The molecule has 4 nitrogen and oxygen atoms in total. The van der Waals surface area contributed by atoms with Gasteiger partial charge >= 0.3 is 0 Å². The topological polar surface area (TPSA) is 39.7 Å². The normalized spacial score (nSPS) is 32.6. The molecule has 1 N–H and O–H groups in total. The fourth-order valence-electron chi connectivity index (χ4n) is 4.09. The lowest BCUT2D eigenvalue weighted by Gasteiger charge is -2.44. The Morgan fingerprint density at radius 1 is 1.21 bits per heavy atom. The summed E-state index contributed by atoms with van der Waals surface area (Å²) in [5, 5.41) is 3.48. The van der Waals surface area contributed by atoms with Crippen LogP contribution in [0.1, 0.15) is 66.7 Å². The number of hydrogen-bond donors (Lipinski definition) is 1. The first-order valence-electron chi connectivity index (χ1n) is 9.83. The van der Waals surface area contributed by atoms with Gasteiger partial charge in [0.05, 0.1) is 19.3 Å². The fourth-order valence-corrected chi connectivity index (χ4v) is 4.09. The Labute approximate surface area is 149 Å². The summed E-state index contributed by atoms with van der Waals surface area (Å²) in [6, 6.07) is 0.389. The molecule has 0 aromatic rings. The highest BCUT2D eigenvalue weighted by molar-refractivity contribution is 4.91. The van der Waals surface area contributed by atoms with E-state index in [1.165, 1.54) is 12.8 Å². The van der Waals surface area contributed by atoms with Crippen LogP contribution in [0.15, 0.2) is 0 Å². The Morgan fingerprint density at radius 3 is 2.46 bits per heavy atom. The molecule has 1 saturated heterocycles. The summed E-state index contributed by atoms with van der Waals surface area (Å²) in [4.78, 5) is 0. The average Bonchev–Trinajstić information content (AvgIpc) is 2.90. The van der Waals surface area contributed by atoms with E-state index in [1.807, 2.05) is 0 Å². The van der Waals surface area contributed by atoms with Gasteiger partial charge in [0.1, 0.15) is 0 Å². The molecule has 2 aliphatic rings. The lowest BCUT2D eigenvalue weighted by atomic mass is 9.64. The zero-order valence-electron chi connectivity index (χ0n) is 16.7. The van der Waals surface area contributed by atoms with Crippen molar-refractivity contribution in [2.45, 2.75) is 84.7 Å². The number of rotatable bonds is 8. The van der Waals surface area contributed by atoms with Crippen LogP contribution < -0.4 is 5.32 Å². The molecule has 2 unspecified atom stereocenters. The quantitative estimate of drug-likeness (QED) is 0.725. The van der Waals surface area contributed by atoms with Crippen molar-refractivity contribution in [3.8, 4) is 0 Å². The highest BCUT2D eigenvalue weighted by atomic mass is 16.7. The van der Waals surface area contributed by atoms with E-state index >= 15 is 0 Å². The van der Waals surface area contributed by atoms with E-state index in [0.29, 0.717) is 11.5 Å². The van der Waals surface area contributed by atoms with Gasteiger partial charge in [-0.1, -0.05) is 27.7 Å². The first-order chi connectivity index (χ1) is 11.3. The SMILES string of the molecule is COCC(C)NCCC1COC2(CCC(C(C)(C)C(C)C)CC2)O1. The summed E-state index contributed by atoms with van der Waals surface area (Å²) < 4.78 is 17.7. The van der Waals surface area contributed by atoms with E-state index in [9.17, 15) is 0 Å². The van der Waals surface area contributed by atoms with Crippen LogP contribution in [0.25, 0.3) is 0 Å². The van der Waals surface area contributed by atoms with E-state index in [-0.39, 0.29) is 11.9 Å². The molecule has 142 valence electrons. The third kappa shape index (κ3) is 4.94. The Kier molecular flexibility index (Phi) is 7.12. The molecule has 0 amide bonds. The zero-order chi connectivity index (χ0) is 17.8. The fraction of sp³-hybridized carbons (Fsp3) is 1.00. The van der Waals surface area contributed by atoms with E-state index < -0.39 is 0 Å². The molecular weight excluding hydrogens is 302 g/mol. The minimum Gasteiger partial charge on any atom is -0.383 e. The summed E-state index contributed by atoms with van der Waals surface area (Å²) in [6.07, 6.45) is 5.80. The maximum absolute atomic E-state index is 6.36. The van der Waals surface area contributed by atoms with Gasteiger partial charge < -0.3 is 19.5 Å². The third-order valence-electron chi connectivity index (χ3n) is 6.58. The number of hydrogen-bond acceptors (Lipinski definition) is 4. The average molecular weight is 342 g/mol. The highest BCUT2D eigenvalue weighted by Crippen LogP contribution is 2.48. The minimum absolute atomic E-state index is 0.238. The number of methoxy groups -OCH3 is 1. The first kappa shape index (κ1) is 20.2. The lowest BCUT2D eigenvalue weighted by molar-refractivity contribution is -0.198. The summed E-state index contributed by atoms with van der Waals surface area (Å²) in [6.45, 7) is 14.1. The van der Waals surface area contributed by atoms with Gasteiger partial charge in [-0.15, -0.1) is 0 Å². The maximum atomic E-state index is 6.36.